The summed E-state index contributed by atoms with van der Waals surface area (Å²) in [6, 6.07) is 11.2. The van der Waals surface area contributed by atoms with Gasteiger partial charge in [0.25, 0.3) is 0 Å². The van der Waals surface area contributed by atoms with Gasteiger partial charge in [0.1, 0.15) is 11.6 Å². The molecular weight excluding hydrogens is 458 g/mol. The van der Waals surface area contributed by atoms with Gasteiger partial charge in [-0.2, -0.15) is 0 Å². The third kappa shape index (κ3) is 6.31. The van der Waals surface area contributed by atoms with Crippen LogP contribution in [-0.2, 0) is 0 Å². The maximum Gasteiger partial charge on any atom is 0.131 e. The van der Waals surface area contributed by atoms with Gasteiger partial charge in [0.2, 0.25) is 0 Å². The van der Waals surface area contributed by atoms with E-state index in [-0.39, 0.29) is 11.6 Å². The quantitative estimate of drug-likeness (QED) is 0.350. The molecule has 3 aliphatic rings. The van der Waals surface area contributed by atoms with Gasteiger partial charge in [-0.05, 0) is 129 Å². The van der Waals surface area contributed by atoms with Gasteiger partial charge < -0.3 is 0 Å². The molecular formula is C35H48F2. The predicted molar refractivity (Wildman–Crippen MR) is 152 cm³/mol. The van der Waals surface area contributed by atoms with E-state index in [0.29, 0.717) is 23.0 Å². The van der Waals surface area contributed by atoms with E-state index in [0.717, 1.165) is 47.6 Å². The summed E-state index contributed by atoms with van der Waals surface area (Å²) in [4.78, 5) is 0. The van der Waals surface area contributed by atoms with Crippen LogP contribution in [0.25, 0.3) is 11.1 Å². The molecule has 2 heteroatoms. The van der Waals surface area contributed by atoms with E-state index in [1.807, 2.05) is 18.2 Å². The molecule has 3 fully saturated rings. The molecule has 202 valence electrons. The van der Waals surface area contributed by atoms with Crippen LogP contribution in [0.2, 0.25) is 0 Å². The van der Waals surface area contributed by atoms with Crippen molar-refractivity contribution in [3.63, 3.8) is 0 Å². The van der Waals surface area contributed by atoms with Crippen LogP contribution in [0.5, 0.6) is 0 Å². The summed E-state index contributed by atoms with van der Waals surface area (Å²) < 4.78 is 30.4. The molecule has 37 heavy (non-hydrogen) atoms. The van der Waals surface area contributed by atoms with E-state index in [2.05, 4.69) is 19.9 Å². The molecule has 0 amide bonds. The van der Waals surface area contributed by atoms with Crippen molar-refractivity contribution >= 4 is 0 Å². The lowest BCUT2D eigenvalue weighted by atomic mass is 9.68. The van der Waals surface area contributed by atoms with Gasteiger partial charge in [0.05, 0.1) is 0 Å². The fraction of sp³-hybridized carbons (Fsp3) is 0.657. The molecule has 0 aromatic heterocycles. The Hall–Kier alpha value is -1.70. The zero-order chi connectivity index (χ0) is 25.8. The maximum absolute atomic E-state index is 15.3. The van der Waals surface area contributed by atoms with E-state index in [1.54, 1.807) is 12.1 Å². The highest BCUT2D eigenvalue weighted by molar-refractivity contribution is 5.65. The number of halogens is 2. The van der Waals surface area contributed by atoms with Crippen LogP contribution >= 0.6 is 0 Å². The first-order valence-corrected chi connectivity index (χ1v) is 15.6. The SMILES string of the molecule is CCCC1CCC(C2CCC(c3ccc(-c4ccc(C5CCC(CC)CC5)c(F)c4)c(F)c3)CC2)CC1. The number of hydrogen-bond acceptors (Lipinski definition) is 0. The van der Waals surface area contributed by atoms with Crippen molar-refractivity contribution in [2.75, 3.05) is 0 Å². The topological polar surface area (TPSA) is 0 Å². The van der Waals surface area contributed by atoms with Crippen LogP contribution in [0.15, 0.2) is 36.4 Å². The van der Waals surface area contributed by atoms with Gasteiger partial charge >= 0.3 is 0 Å². The molecule has 0 aliphatic heterocycles. The van der Waals surface area contributed by atoms with Crippen LogP contribution in [0.1, 0.15) is 133 Å². The summed E-state index contributed by atoms with van der Waals surface area (Å²) in [6.45, 7) is 4.57. The second kappa shape index (κ2) is 12.4. The Labute approximate surface area is 224 Å². The first kappa shape index (κ1) is 26.9. The van der Waals surface area contributed by atoms with Crippen LogP contribution in [0.4, 0.5) is 8.78 Å². The Morgan fingerprint density at radius 2 is 1.24 bits per heavy atom. The summed E-state index contributed by atoms with van der Waals surface area (Å²) in [6.07, 6.45) is 19.2. The van der Waals surface area contributed by atoms with Crippen LogP contribution < -0.4 is 0 Å². The highest BCUT2D eigenvalue weighted by atomic mass is 19.1. The van der Waals surface area contributed by atoms with Gasteiger partial charge in [-0.25, -0.2) is 8.78 Å². The highest BCUT2D eigenvalue weighted by Gasteiger charge is 2.31. The largest absolute Gasteiger partial charge is 0.207 e. The van der Waals surface area contributed by atoms with Crippen molar-refractivity contribution < 1.29 is 8.78 Å². The van der Waals surface area contributed by atoms with E-state index < -0.39 is 0 Å². The minimum Gasteiger partial charge on any atom is -0.207 e. The summed E-state index contributed by atoms with van der Waals surface area (Å²) >= 11 is 0. The van der Waals surface area contributed by atoms with E-state index >= 15 is 8.78 Å². The zero-order valence-electron chi connectivity index (χ0n) is 23.3. The average molecular weight is 507 g/mol. The minimum absolute atomic E-state index is 0.164. The number of rotatable bonds is 7. The zero-order valence-corrected chi connectivity index (χ0v) is 23.3. The molecule has 0 heterocycles. The molecule has 2 aromatic carbocycles. The van der Waals surface area contributed by atoms with E-state index in [1.165, 1.54) is 83.5 Å². The third-order valence-electron chi connectivity index (χ3n) is 10.7. The molecule has 2 aromatic rings. The van der Waals surface area contributed by atoms with Gasteiger partial charge in [0, 0.05) is 5.56 Å². The fourth-order valence-corrected chi connectivity index (χ4v) is 8.21. The van der Waals surface area contributed by atoms with Crippen molar-refractivity contribution in [1.82, 2.24) is 0 Å². The lowest BCUT2D eigenvalue weighted by Crippen LogP contribution is -2.25. The van der Waals surface area contributed by atoms with Crippen LogP contribution in [-0.4, -0.2) is 0 Å². The highest BCUT2D eigenvalue weighted by Crippen LogP contribution is 2.45. The second-order valence-electron chi connectivity index (χ2n) is 12.8. The Balaban J connectivity index is 1.18. The van der Waals surface area contributed by atoms with E-state index in [9.17, 15) is 0 Å². The molecule has 3 saturated carbocycles. The number of benzene rings is 2. The van der Waals surface area contributed by atoms with Crippen molar-refractivity contribution in [3.8, 4) is 11.1 Å². The molecule has 0 N–H and O–H groups in total. The number of hydrogen-bond donors (Lipinski definition) is 0. The van der Waals surface area contributed by atoms with Crippen molar-refractivity contribution in [2.24, 2.45) is 23.7 Å². The van der Waals surface area contributed by atoms with Crippen molar-refractivity contribution in [2.45, 2.75) is 122 Å². The van der Waals surface area contributed by atoms with Crippen LogP contribution in [0, 0.1) is 35.3 Å². The summed E-state index contributed by atoms with van der Waals surface area (Å²) in [5.41, 5.74) is 3.15. The third-order valence-corrected chi connectivity index (χ3v) is 10.7. The lowest BCUT2D eigenvalue weighted by Gasteiger charge is -2.38. The standard InChI is InChI=1S/C35H48F2/c1-3-5-25-8-10-26(11-9-25)27-14-16-28(17-15-27)30-18-20-33(34(36)22-30)31-19-21-32(35(37)23-31)29-12-6-24(4-2)7-13-29/h18-29H,3-17H2,1-2H3. The molecule has 0 nitrogen and oxygen atoms in total. The van der Waals surface area contributed by atoms with E-state index in [4.69, 9.17) is 0 Å². The van der Waals surface area contributed by atoms with Gasteiger partial charge in [-0.15, -0.1) is 0 Å². The molecule has 0 saturated heterocycles. The maximum atomic E-state index is 15.3. The molecule has 5 rings (SSSR count). The molecule has 3 aliphatic carbocycles. The minimum atomic E-state index is -0.204. The Morgan fingerprint density at radius 1 is 0.622 bits per heavy atom. The molecule has 0 spiro atoms. The summed E-state index contributed by atoms with van der Waals surface area (Å²) in [5.74, 6) is 3.98. The molecule has 0 bridgehead atoms. The fourth-order valence-electron chi connectivity index (χ4n) is 8.21. The predicted octanol–water partition coefficient (Wildman–Crippen LogP) is 11.2. The van der Waals surface area contributed by atoms with Gasteiger partial charge in [0.15, 0.2) is 0 Å². The lowest BCUT2D eigenvalue weighted by molar-refractivity contribution is 0.156. The summed E-state index contributed by atoms with van der Waals surface area (Å²) in [5, 5.41) is 0. The van der Waals surface area contributed by atoms with Gasteiger partial charge in [-0.3, -0.25) is 0 Å². The van der Waals surface area contributed by atoms with Crippen molar-refractivity contribution in [3.05, 3.63) is 59.2 Å². The second-order valence-corrected chi connectivity index (χ2v) is 12.8. The monoisotopic (exact) mass is 506 g/mol. The Morgan fingerprint density at radius 3 is 1.84 bits per heavy atom. The Bertz CT molecular complexity index is 1000. The first-order valence-electron chi connectivity index (χ1n) is 15.6. The average Bonchev–Trinajstić information content (AvgIpc) is 2.94. The van der Waals surface area contributed by atoms with Gasteiger partial charge in [-0.1, -0.05) is 70.2 Å². The molecule has 0 radical (unpaired) electrons. The normalized spacial score (nSPS) is 30.8. The smallest absolute Gasteiger partial charge is 0.131 e. The van der Waals surface area contributed by atoms with Crippen molar-refractivity contribution in [1.29, 1.82) is 0 Å². The summed E-state index contributed by atoms with van der Waals surface area (Å²) in [7, 11) is 0. The molecule has 0 atom stereocenters. The molecule has 0 unspecified atom stereocenters. The first-order chi connectivity index (χ1) is 18.1. The Kier molecular flexibility index (Phi) is 9.04. The van der Waals surface area contributed by atoms with Crippen LogP contribution in [0.3, 0.4) is 0 Å².